The zero-order chi connectivity index (χ0) is 12.9. The fraction of sp³-hybridized carbons (Fsp3) is 0.364. The molecule has 0 spiro atoms. The Balaban J connectivity index is 2.51. The summed E-state index contributed by atoms with van der Waals surface area (Å²) < 4.78 is 40.4. The van der Waals surface area contributed by atoms with Crippen molar-refractivity contribution < 1.29 is 27.8 Å². The topological polar surface area (TPSA) is 46.5 Å². The zero-order valence-corrected chi connectivity index (χ0v) is 8.83. The van der Waals surface area contributed by atoms with Crippen molar-refractivity contribution in [2.75, 3.05) is 6.61 Å². The molecular weight excluding hydrogens is 237 g/mol. The van der Waals surface area contributed by atoms with E-state index in [1.807, 2.05) is 0 Å². The van der Waals surface area contributed by atoms with Gasteiger partial charge >= 0.3 is 12.1 Å². The summed E-state index contributed by atoms with van der Waals surface area (Å²) in [4.78, 5) is 10.4. The molecule has 0 bridgehead atoms. The Bertz CT molecular complexity index is 388. The first-order valence-corrected chi connectivity index (χ1v) is 4.87. The van der Waals surface area contributed by atoms with E-state index in [-0.39, 0.29) is 12.2 Å². The molecule has 1 rings (SSSR count). The van der Waals surface area contributed by atoms with E-state index in [1.165, 1.54) is 12.1 Å². The Hall–Kier alpha value is -1.72. The van der Waals surface area contributed by atoms with Gasteiger partial charge in [-0.25, -0.2) is 0 Å². The molecule has 0 radical (unpaired) electrons. The number of alkyl halides is 3. The van der Waals surface area contributed by atoms with Crippen molar-refractivity contribution in [1.82, 2.24) is 0 Å². The highest BCUT2D eigenvalue weighted by atomic mass is 19.4. The highest BCUT2D eigenvalue weighted by molar-refractivity contribution is 5.70. The molecule has 0 aliphatic heterocycles. The number of hydrogen-bond acceptors (Lipinski definition) is 2. The molecule has 0 saturated carbocycles. The van der Waals surface area contributed by atoms with Crippen molar-refractivity contribution in [3.8, 4) is 5.75 Å². The number of carboxylic acids is 1. The third-order valence-corrected chi connectivity index (χ3v) is 1.91. The maximum atomic E-state index is 11.9. The molecule has 0 aromatic heterocycles. The van der Waals surface area contributed by atoms with Gasteiger partial charge in [0.15, 0.2) is 0 Å². The fourth-order valence-electron chi connectivity index (χ4n) is 1.20. The highest BCUT2D eigenvalue weighted by Crippen LogP contribution is 2.20. The predicted molar refractivity (Wildman–Crippen MR) is 53.9 cm³/mol. The van der Waals surface area contributed by atoms with Crippen LogP contribution < -0.4 is 4.74 Å². The quantitative estimate of drug-likeness (QED) is 0.871. The minimum absolute atomic E-state index is 0.184. The highest BCUT2D eigenvalue weighted by Gasteiger charge is 2.26. The van der Waals surface area contributed by atoms with Crippen molar-refractivity contribution in [1.29, 1.82) is 0 Å². The Kier molecular flexibility index (Phi) is 4.37. The summed E-state index contributed by atoms with van der Waals surface area (Å²) >= 11 is 0. The summed E-state index contributed by atoms with van der Waals surface area (Å²) in [6, 6.07) is 6.03. The lowest BCUT2D eigenvalue weighted by molar-refractivity contribution is -0.139. The molecule has 17 heavy (non-hydrogen) atoms. The van der Waals surface area contributed by atoms with E-state index in [9.17, 15) is 18.0 Å². The first kappa shape index (κ1) is 13.3. The lowest BCUT2D eigenvalue weighted by atomic mass is 10.1. The molecule has 6 heteroatoms. The second-order valence-corrected chi connectivity index (χ2v) is 3.43. The molecule has 0 heterocycles. The molecule has 0 atom stereocenters. The van der Waals surface area contributed by atoms with E-state index in [0.29, 0.717) is 5.56 Å². The van der Waals surface area contributed by atoms with Gasteiger partial charge < -0.3 is 9.84 Å². The summed E-state index contributed by atoms with van der Waals surface area (Å²) in [5, 5.41) is 8.55. The van der Waals surface area contributed by atoms with Crippen LogP contribution in [0.4, 0.5) is 13.2 Å². The number of hydrogen-bond donors (Lipinski definition) is 1. The predicted octanol–water partition coefficient (Wildman–Crippen LogP) is 2.64. The molecule has 3 nitrogen and oxygen atoms in total. The first-order chi connectivity index (χ1) is 7.87. The van der Waals surface area contributed by atoms with Crippen LogP contribution in [-0.2, 0) is 11.2 Å². The lowest BCUT2D eigenvalue weighted by Gasteiger charge is -2.09. The maximum absolute atomic E-state index is 11.9. The normalized spacial score (nSPS) is 11.2. The fourth-order valence-corrected chi connectivity index (χ4v) is 1.20. The van der Waals surface area contributed by atoms with E-state index >= 15 is 0 Å². The van der Waals surface area contributed by atoms with Crippen molar-refractivity contribution in [3.63, 3.8) is 0 Å². The standard InChI is InChI=1S/C11H11F3O3/c12-11(13,14)4-5-17-9-3-1-2-8(6-9)7-10(15)16/h1-3,6H,4-5,7H2,(H,15,16). The van der Waals surface area contributed by atoms with Gasteiger partial charge in [0.05, 0.1) is 19.4 Å². The average molecular weight is 248 g/mol. The Morgan fingerprint density at radius 2 is 2.06 bits per heavy atom. The summed E-state index contributed by atoms with van der Waals surface area (Å²) in [6.45, 7) is -0.472. The van der Waals surface area contributed by atoms with Crippen molar-refractivity contribution >= 4 is 5.97 Å². The third kappa shape index (κ3) is 5.79. The number of halogens is 3. The SMILES string of the molecule is O=C(O)Cc1cccc(OCCC(F)(F)F)c1. The van der Waals surface area contributed by atoms with E-state index < -0.39 is 25.2 Å². The smallest absolute Gasteiger partial charge is 0.392 e. The summed E-state index contributed by atoms with van der Waals surface area (Å²) in [7, 11) is 0. The maximum Gasteiger partial charge on any atom is 0.392 e. The van der Waals surface area contributed by atoms with Crippen LogP contribution in [0.25, 0.3) is 0 Å². The van der Waals surface area contributed by atoms with Gasteiger partial charge in [-0.15, -0.1) is 0 Å². The minimum Gasteiger partial charge on any atom is -0.493 e. The molecule has 0 fully saturated rings. The number of carbonyl (C=O) groups is 1. The van der Waals surface area contributed by atoms with Gasteiger partial charge in [0.1, 0.15) is 5.75 Å². The van der Waals surface area contributed by atoms with Crippen LogP contribution in [0, 0.1) is 0 Å². The lowest BCUT2D eigenvalue weighted by Crippen LogP contribution is -2.13. The number of ether oxygens (including phenoxy) is 1. The Labute approximate surface area is 95.8 Å². The van der Waals surface area contributed by atoms with Crippen molar-refractivity contribution in [2.24, 2.45) is 0 Å². The molecule has 0 aliphatic carbocycles. The summed E-state index contributed by atoms with van der Waals surface area (Å²) in [6.07, 6.45) is -5.47. The molecule has 1 aromatic carbocycles. The van der Waals surface area contributed by atoms with Crippen LogP contribution in [0.1, 0.15) is 12.0 Å². The molecule has 0 saturated heterocycles. The average Bonchev–Trinajstić information content (AvgIpc) is 2.15. The van der Waals surface area contributed by atoms with Gasteiger partial charge in [-0.1, -0.05) is 12.1 Å². The Morgan fingerprint density at radius 3 is 2.65 bits per heavy atom. The van der Waals surface area contributed by atoms with Crippen molar-refractivity contribution in [2.45, 2.75) is 19.0 Å². The van der Waals surface area contributed by atoms with Gasteiger partial charge in [-0.3, -0.25) is 4.79 Å². The molecule has 0 aliphatic rings. The van der Waals surface area contributed by atoms with E-state index in [2.05, 4.69) is 0 Å². The second kappa shape index (κ2) is 5.56. The molecule has 0 unspecified atom stereocenters. The van der Waals surface area contributed by atoms with Crippen LogP contribution in [0.15, 0.2) is 24.3 Å². The number of aliphatic carboxylic acids is 1. The van der Waals surface area contributed by atoms with Gasteiger partial charge in [0.2, 0.25) is 0 Å². The van der Waals surface area contributed by atoms with Gasteiger partial charge in [-0.05, 0) is 17.7 Å². The third-order valence-electron chi connectivity index (χ3n) is 1.91. The van der Waals surface area contributed by atoms with Crippen molar-refractivity contribution in [3.05, 3.63) is 29.8 Å². The van der Waals surface area contributed by atoms with Crippen LogP contribution in [0.2, 0.25) is 0 Å². The summed E-state index contributed by atoms with van der Waals surface area (Å²) in [5.41, 5.74) is 0.488. The van der Waals surface area contributed by atoms with Gasteiger partial charge in [0.25, 0.3) is 0 Å². The molecule has 0 amide bonds. The van der Waals surface area contributed by atoms with E-state index in [0.717, 1.165) is 0 Å². The first-order valence-electron chi connectivity index (χ1n) is 4.87. The Morgan fingerprint density at radius 1 is 1.35 bits per heavy atom. The largest absolute Gasteiger partial charge is 0.493 e. The van der Waals surface area contributed by atoms with E-state index in [1.54, 1.807) is 12.1 Å². The second-order valence-electron chi connectivity index (χ2n) is 3.43. The van der Waals surface area contributed by atoms with Crippen LogP contribution in [0.5, 0.6) is 5.75 Å². The van der Waals surface area contributed by atoms with Crippen LogP contribution in [-0.4, -0.2) is 23.9 Å². The molecule has 1 N–H and O–H groups in total. The van der Waals surface area contributed by atoms with E-state index in [4.69, 9.17) is 9.84 Å². The van der Waals surface area contributed by atoms with Gasteiger partial charge in [-0.2, -0.15) is 13.2 Å². The summed E-state index contributed by atoms with van der Waals surface area (Å²) in [5.74, 6) is -0.759. The zero-order valence-electron chi connectivity index (χ0n) is 8.83. The van der Waals surface area contributed by atoms with Crippen LogP contribution in [0.3, 0.4) is 0 Å². The molecule has 1 aromatic rings. The molecular formula is C11H11F3O3. The monoisotopic (exact) mass is 248 g/mol. The number of rotatable bonds is 5. The van der Waals surface area contributed by atoms with Crippen LogP contribution >= 0.6 is 0 Å². The number of carboxylic acid groups (broad SMARTS) is 1. The number of benzene rings is 1. The van der Waals surface area contributed by atoms with Gasteiger partial charge in [0, 0.05) is 0 Å². The minimum atomic E-state index is -4.25. The molecule has 94 valence electrons.